The molecule has 176 valence electrons. The molecule has 0 aliphatic carbocycles. The molecule has 0 atom stereocenters. The minimum Gasteiger partial charge on any atom is -0.258 e. The van der Waals surface area contributed by atoms with Gasteiger partial charge in [0.05, 0.1) is 43.1 Å². The van der Waals surface area contributed by atoms with Crippen LogP contribution in [0.5, 0.6) is 0 Å². The molecule has 16 nitrogen and oxygen atoms in total. The highest BCUT2D eigenvalue weighted by Crippen LogP contribution is 2.46. The summed E-state index contributed by atoms with van der Waals surface area (Å²) in [6.45, 7) is 0. The van der Waals surface area contributed by atoms with Crippen LogP contribution in [-0.2, 0) is 0 Å². The van der Waals surface area contributed by atoms with E-state index in [1.165, 1.54) is 0 Å². The largest absolute Gasteiger partial charge is 0.363 e. The molecule has 0 aliphatic rings. The van der Waals surface area contributed by atoms with E-state index in [2.05, 4.69) is 81.2 Å². The maximum atomic E-state index is 10.9. The van der Waals surface area contributed by atoms with E-state index in [0.717, 1.165) is 23.5 Å². The third-order valence-electron chi connectivity index (χ3n) is 3.82. The van der Waals surface area contributed by atoms with Crippen molar-refractivity contribution in [1.29, 1.82) is 0 Å². The normalized spacial score (nSPS) is 10.7. The first kappa shape index (κ1) is 26.2. The molecule has 0 aliphatic heterocycles. The van der Waals surface area contributed by atoms with Crippen molar-refractivity contribution in [3.8, 4) is 0 Å². The summed E-state index contributed by atoms with van der Waals surface area (Å²) >= 11 is 13.4. The summed E-state index contributed by atoms with van der Waals surface area (Å²) in [5.74, 6) is 0. The van der Waals surface area contributed by atoms with Crippen LogP contribution in [0.3, 0.4) is 0 Å². The van der Waals surface area contributed by atoms with Crippen LogP contribution in [0.25, 0.3) is 22.1 Å². The predicted octanol–water partition coefficient (Wildman–Crippen LogP) is 6.07. The molecule has 0 fully saturated rings. The monoisotopic (exact) mass is 764 g/mol. The zero-order valence-corrected chi connectivity index (χ0v) is 23.1. The Morgan fingerprint density at radius 3 is 0.794 bits per heavy atom. The van der Waals surface area contributed by atoms with Gasteiger partial charge in [0.25, 0.3) is 0 Å². The van der Waals surface area contributed by atoms with E-state index >= 15 is 0 Å². The number of aromatic nitrogens is 4. The van der Waals surface area contributed by atoms with Gasteiger partial charge in [-0.15, -0.1) is 0 Å². The van der Waals surface area contributed by atoms with Gasteiger partial charge in [-0.3, -0.25) is 40.5 Å². The van der Waals surface area contributed by atoms with Crippen molar-refractivity contribution in [3.05, 3.63) is 58.3 Å². The van der Waals surface area contributed by atoms with Gasteiger partial charge in [-0.05, 0) is 63.7 Å². The van der Waals surface area contributed by atoms with Crippen molar-refractivity contribution in [2.24, 2.45) is 0 Å². The Labute approximate surface area is 226 Å². The fourth-order valence-corrected chi connectivity index (χ4v) is 6.51. The molecule has 2 aromatic heterocycles. The molecule has 34 heavy (non-hydrogen) atoms. The average Bonchev–Trinajstić information content (AvgIpc) is 3.42. The van der Waals surface area contributed by atoms with Crippen molar-refractivity contribution in [3.63, 3.8) is 0 Å². The third kappa shape index (κ3) is 4.47. The number of benzene rings is 2. The zero-order chi connectivity index (χ0) is 25.5. The van der Waals surface area contributed by atoms with Gasteiger partial charge < -0.3 is 0 Å². The number of rotatable bonds is 4. The first-order valence-electron chi connectivity index (χ1n) is 7.74. The van der Waals surface area contributed by atoms with E-state index in [1.807, 2.05) is 0 Å². The highest BCUT2D eigenvalue weighted by Gasteiger charge is 2.37. The van der Waals surface area contributed by atoms with Gasteiger partial charge in [-0.25, -0.2) is 0 Å². The second kappa shape index (κ2) is 10.1. The van der Waals surface area contributed by atoms with Crippen LogP contribution in [0.1, 0.15) is 0 Å². The molecular weight excluding hydrogens is 768 g/mol. The Balaban J connectivity index is 0.000000191. The predicted molar refractivity (Wildman–Crippen MR) is 132 cm³/mol. The highest BCUT2D eigenvalue weighted by molar-refractivity contribution is 9.11. The molecule has 4 rings (SSSR count). The second-order valence-electron chi connectivity index (χ2n) is 5.60. The maximum Gasteiger partial charge on any atom is 0.363 e. The molecule has 0 spiro atoms. The molecule has 0 radical (unpaired) electrons. The number of nitro benzene ring substituents is 4. The van der Waals surface area contributed by atoms with Crippen LogP contribution in [0, 0.1) is 40.5 Å². The Morgan fingerprint density at radius 2 is 0.647 bits per heavy atom. The lowest BCUT2D eigenvalue weighted by molar-refractivity contribution is -0.423. The summed E-state index contributed by atoms with van der Waals surface area (Å²) in [6.07, 6.45) is 0. The van der Waals surface area contributed by atoms with Crippen LogP contribution in [0.4, 0.5) is 22.7 Å². The SMILES string of the molecule is O=[N+]([O-])c1c([N+](=O)[O-])c(Br)c2nsnc2c1Br.O=[N+]([O-])c1c([N+](=O)[O-])c(Br)c2nsnc2c1Br. The highest BCUT2D eigenvalue weighted by atomic mass is 79.9. The summed E-state index contributed by atoms with van der Waals surface area (Å²) in [5, 5.41) is 43.5. The summed E-state index contributed by atoms with van der Waals surface area (Å²) in [5.41, 5.74) is -1.66. The molecule has 2 aromatic carbocycles. The Morgan fingerprint density at radius 1 is 0.471 bits per heavy atom. The van der Waals surface area contributed by atoms with E-state index in [-0.39, 0.29) is 40.0 Å². The quantitative estimate of drug-likeness (QED) is 0.171. The van der Waals surface area contributed by atoms with Crippen molar-refractivity contribution in [2.75, 3.05) is 0 Å². The molecule has 22 heteroatoms. The average molecular weight is 768 g/mol. The van der Waals surface area contributed by atoms with Crippen LogP contribution in [0.15, 0.2) is 17.9 Å². The molecule has 2 heterocycles. The van der Waals surface area contributed by atoms with Crippen molar-refractivity contribution >= 4 is 132 Å². The number of nitro groups is 4. The lowest BCUT2D eigenvalue weighted by Crippen LogP contribution is -1.99. The molecule has 4 aromatic rings. The minimum atomic E-state index is -0.828. The molecule has 0 amide bonds. The van der Waals surface area contributed by atoms with Gasteiger partial charge in [0, 0.05) is 0 Å². The lowest BCUT2D eigenvalue weighted by atomic mass is 10.2. The first-order valence-corrected chi connectivity index (χ1v) is 12.4. The Kier molecular flexibility index (Phi) is 7.76. The molecule has 0 saturated carbocycles. The van der Waals surface area contributed by atoms with E-state index in [1.54, 1.807) is 0 Å². The van der Waals surface area contributed by atoms with Gasteiger partial charge in [-0.1, -0.05) is 0 Å². The van der Waals surface area contributed by atoms with Crippen LogP contribution in [0.2, 0.25) is 0 Å². The van der Waals surface area contributed by atoms with Gasteiger partial charge in [0.1, 0.15) is 40.0 Å². The van der Waals surface area contributed by atoms with Crippen molar-refractivity contribution in [2.45, 2.75) is 0 Å². The fourth-order valence-electron chi connectivity index (χ4n) is 2.48. The number of halogens is 4. The van der Waals surface area contributed by atoms with E-state index in [9.17, 15) is 40.5 Å². The molecule has 0 N–H and O–H groups in total. The Bertz CT molecular complexity index is 1320. The summed E-state index contributed by atoms with van der Waals surface area (Å²) < 4.78 is 15.2. The van der Waals surface area contributed by atoms with Crippen LogP contribution < -0.4 is 0 Å². The van der Waals surface area contributed by atoms with Crippen LogP contribution >= 0.6 is 87.2 Å². The minimum absolute atomic E-state index is 0.0406. The van der Waals surface area contributed by atoms with Gasteiger partial charge in [0.15, 0.2) is 0 Å². The Hall–Kier alpha value is -2.40. The topological polar surface area (TPSA) is 224 Å². The van der Waals surface area contributed by atoms with E-state index < -0.39 is 42.4 Å². The number of hydrogen-bond donors (Lipinski definition) is 0. The lowest BCUT2D eigenvalue weighted by Gasteiger charge is -2.00. The maximum absolute atomic E-state index is 10.9. The second-order valence-corrected chi connectivity index (χ2v) is 9.83. The van der Waals surface area contributed by atoms with Gasteiger partial charge >= 0.3 is 22.7 Å². The number of fused-ring (bicyclic) bond motifs is 2. The fraction of sp³-hybridized carbons (Fsp3) is 0. The van der Waals surface area contributed by atoms with Crippen LogP contribution in [-0.4, -0.2) is 37.2 Å². The smallest absolute Gasteiger partial charge is 0.258 e. The zero-order valence-electron chi connectivity index (χ0n) is 15.2. The first-order chi connectivity index (χ1) is 15.9. The molecular formula is C12Br4N8O8S2. The van der Waals surface area contributed by atoms with Gasteiger partial charge in [0.2, 0.25) is 0 Å². The third-order valence-corrected chi connectivity index (χ3v) is 7.88. The molecule has 0 saturated heterocycles. The van der Waals surface area contributed by atoms with Gasteiger partial charge in [-0.2, -0.15) is 17.5 Å². The summed E-state index contributed by atoms with van der Waals surface area (Å²) in [4.78, 5) is 40.2. The van der Waals surface area contributed by atoms with Crippen molar-refractivity contribution < 1.29 is 19.7 Å². The summed E-state index contributed by atoms with van der Waals surface area (Å²) in [6, 6.07) is 0. The van der Waals surface area contributed by atoms with E-state index in [0.29, 0.717) is 0 Å². The molecule has 0 bridgehead atoms. The number of nitrogens with zero attached hydrogens (tertiary/aromatic N) is 8. The van der Waals surface area contributed by atoms with Crippen molar-refractivity contribution in [1.82, 2.24) is 17.5 Å². The standard InChI is InChI=1S/2C6Br2N4O4S/c2*7-1-3-4(10-17-9-3)2(8)6(12(15)16)5(1)11(13)14. The van der Waals surface area contributed by atoms with E-state index in [4.69, 9.17) is 0 Å². The summed E-state index contributed by atoms with van der Waals surface area (Å²) in [7, 11) is 0. The number of hydrogen-bond acceptors (Lipinski definition) is 14. The molecule has 0 unspecified atom stereocenters.